The van der Waals surface area contributed by atoms with Gasteiger partial charge in [-0.25, -0.2) is 0 Å². The molecule has 0 saturated carbocycles. The predicted octanol–water partition coefficient (Wildman–Crippen LogP) is 15.6. The van der Waals surface area contributed by atoms with Crippen molar-refractivity contribution in [3.63, 3.8) is 0 Å². The van der Waals surface area contributed by atoms with E-state index < -0.39 is 5.41 Å². The summed E-state index contributed by atoms with van der Waals surface area (Å²) in [4.78, 5) is 0. The maximum atomic E-state index is 2.55. The Morgan fingerprint density at radius 3 is 1.34 bits per heavy atom. The van der Waals surface area contributed by atoms with Crippen molar-refractivity contribution in [2.75, 3.05) is 0 Å². The van der Waals surface area contributed by atoms with Crippen LogP contribution in [0, 0.1) is 0 Å². The molecule has 272 valence electrons. The fourth-order valence-corrected chi connectivity index (χ4v) is 11.1. The fourth-order valence-electron chi connectivity index (χ4n) is 11.1. The molecule has 1 spiro atoms. The molecule has 0 aliphatic heterocycles. The first-order chi connectivity index (χ1) is 29.3. The first-order valence-corrected chi connectivity index (χ1v) is 20.7. The maximum absolute atomic E-state index is 2.55. The summed E-state index contributed by atoms with van der Waals surface area (Å²) in [7, 11) is 0. The van der Waals surface area contributed by atoms with E-state index in [-0.39, 0.29) is 0 Å². The summed E-state index contributed by atoms with van der Waals surface area (Å²) in [5.74, 6) is 0. The Kier molecular flexibility index (Phi) is 6.74. The highest BCUT2D eigenvalue weighted by atomic mass is 14.5. The van der Waals surface area contributed by atoms with Crippen molar-refractivity contribution in [3.8, 4) is 55.6 Å². The van der Waals surface area contributed by atoms with Crippen LogP contribution >= 0.6 is 0 Å². The number of fused-ring (bicyclic) bond motifs is 12. The third-order valence-electron chi connectivity index (χ3n) is 13.5. The average molecular weight is 745 g/mol. The highest BCUT2D eigenvalue weighted by molar-refractivity contribution is 6.21. The van der Waals surface area contributed by atoms with E-state index in [4.69, 9.17) is 0 Å². The van der Waals surface area contributed by atoms with Gasteiger partial charge in [0.15, 0.2) is 0 Å². The van der Waals surface area contributed by atoms with E-state index in [1.54, 1.807) is 0 Å². The average Bonchev–Trinajstić information content (AvgIpc) is 3.59. The van der Waals surface area contributed by atoms with E-state index in [1.807, 2.05) is 0 Å². The number of hydrogen-bond acceptors (Lipinski definition) is 0. The normalized spacial score (nSPS) is 14.8. The smallest absolute Gasteiger partial charge is 0.0619 e. The van der Waals surface area contributed by atoms with Gasteiger partial charge < -0.3 is 0 Å². The van der Waals surface area contributed by atoms with Crippen LogP contribution in [0.5, 0.6) is 0 Å². The zero-order valence-electron chi connectivity index (χ0n) is 32.3. The van der Waals surface area contributed by atoms with Gasteiger partial charge in [0, 0.05) is 0 Å². The summed E-state index contributed by atoms with van der Waals surface area (Å²) in [6.45, 7) is 0. The van der Waals surface area contributed by atoms with Gasteiger partial charge in [0.1, 0.15) is 0 Å². The molecule has 1 unspecified atom stereocenters. The van der Waals surface area contributed by atoms with Crippen LogP contribution < -0.4 is 0 Å². The van der Waals surface area contributed by atoms with E-state index in [0.717, 1.165) is 0 Å². The minimum absolute atomic E-state index is 0.468. The van der Waals surface area contributed by atoms with Crippen LogP contribution in [-0.4, -0.2) is 0 Å². The summed E-state index contributed by atoms with van der Waals surface area (Å²) < 4.78 is 0. The standard InChI is InChI=1S/C59H36/c1-2-18-42-37(14-1)15-11-25-43(42)38-30-32-40(33-31-38)56-48-21-3-5-23-50(48)57(51-24-6-4-22-49(51)56)41-34-35-46-44-19-7-9-27-52(44)59(55(46)36-41)53-28-10-8-20-45(53)47-26-12-16-39-17-13-29-54(59)58(39)47/h1-36H. The van der Waals surface area contributed by atoms with Gasteiger partial charge in [-0.2, -0.15) is 0 Å². The highest BCUT2D eigenvalue weighted by Crippen LogP contribution is 2.62. The van der Waals surface area contributed by atoms with Crippen molar-refractivity contribution in [2.45, 2.75) is 5.41 Å². The second-order valence-corrected chi connectivity index (χ2v) is 16.3. The van der Waals surface area contributed by atoms with E-state index in [9.17, 15) is 0 Å². The van der Waals surface area contributed by atoms with Crippen molar-refractivity contribution in [1.29, 1.82) is 0 Å². The zero-order chi connectivity index (χ0) is 38.7. The molecule has 0 nitrogen and oxygen atoms in total. The first-order valence-electron chi connectivity index (χ1n) is 20.7. The number of hydrogen-bond donors (Lipinski definition) is 0. The monoisotopic (exact) mass is 744 g/mol. The molecule has 11 aromatic carbocycles. The Labute approximate surface area is 343 Å². The van der Waals surface area contributed by atoms with Crippen molar-refractivity contribution >= 4 is 43.1 Å². The van der Waals surface area contributed by atoms with Crippen molar-refractivity contribution in [3.05, 3.63) is 241 Å². The van der Waals surface area contributed by atoms with Crippen LogP contribution in [0.25, 0.3) is 98.7 Å². The number of benzene rings is 11. The third kappa shape index (κ3) is 4.38. The van der Waals surface area contributed by atoms with Crippen LogP contribution in [0.2, 0.25) is 0 Å². The van der Waals surface area contributed by atoms with Gasteiger partial charge in [-0.3, -0.25) is 0 Å². The Balaban J connectivity index is 1.06. The molecule has 0 radical (unpaired) electrons. The molecule has 1 atom stereocenters. The predicted molar refractivity (Wildman–Crippen MR) is 249 cm³/mol. The molecular weight excluding hydrogens is 709 g/mol. The fraction of sp³-hybridized carbons (Fsp3) is 0.0169. The first kappa shape index (κ1) is 32.5. The molecule has 0 N–H and O–H groups in total. The quantitative estimate of drug-likeness (QED) is 0.158. The lowest BCUT2D eigenvalue weighted by atomic mass is 9.61. The van der Waals surface area contributed by atoms with Crippen LogP contribution in [0.15, 0.2) is 218 Å². The molecular formula is C59H36. The van der Waals surface area contributed by atoms with Crippen LogP contribution in [0.4, 0.5) is 0 Å². The summed E-state index contributed by atoms with van der Waals surface area (Å²) in [6, 6.07) is 81.9. The molecule has 0 bridgehead atoms. The molecule has 0 aromatic heterocycles. The van der Waals surface area contributed by atoms with E-state index in [1.165, 1.54) is 121 Å². The van der Waals surface area contributed by atoms with Gasteiger partial charge in [0.05, 0.1) is 5.41 Å². The summed E-state index contributed by atoms with van der Waals surface area (Å²) in [6.07, 6.45) is 0. The molecule has 11 aromatic rings. The molecule has 0 fully saturated rings. The van der Waals surface area contributed by atoms with Crippen molar-refractivity contribution in [2.24, 2.45) is 0 Å². The summed E-state index contributed by atoms with van der Waals surface area (Å²) >= 11 is 0. The highest BCUT2D eigenvalue weighted by Gasteiger charge is 2.50. The van der Waals surface area contributed by atoms with Gasteiger partial charge >= 0.3 is 0 Å². The molecule has 0 amide bonds. The van der Waals surface area contributed by atoms with E-state index >= 15 is 0 Å². The lowest BCUT2D eigenvalue weighted by Gasteiger charge is -2.40. The molecule has 2 aliphatic carbocycles. The zero-order valence-corrected chi connectivity index (χ0v) is 32.3. The van der Waals surface area contributed by atoms with Crippen molar-refractivity contribution in [1.82, 2.24) is 0 Å². The van der Waals surface area contributed by atoms with Gasteiger partial charge in [-0.05, 0) is 127 Å². The lowest BCUT2D eigenvalue weighted by molar-refractivity contribution is 0.774. The maximum Gasteiger partial charge on any atom is 0.0725 e. The number of rotatable bonds is 3. The van der Waals surface area contributed by atoms with Crippen molar-refractivity contribution < 1.29 is 0 Å². The third-order valence-corrected chi connectivity index (χ3v) is 13.5. The second kappa shape index (κ2) is 12.2. The molecule has 59 heavy (non-hydrogen) atoms. The summed E-state index contributed by atoms with van der Waals surface area (Å²) in [5, 5.41) is 10.2. The molecule has 0 heterocycles. The Hall–Kier alpha value is -7.54. The van der Waals surface area contributed by atoms with Gasteiger partial charge in [0.25, 0.3) is 0 Å². The largest absolute Gasteiger partial charge is 0.0725 e. The minimum atomic E-state index is -0.468. The second-order valence-electron chi connectivity index (χ2n) is 16.3. The van der Waals surface area contributed by atoms with Gasteiger partial charge in [-0.15, -0.1) is 0 Å². The molecule has 0 heteroatoms. The topological polar surface area (TPSA) is 0 Å². The minimum Gasteiger partial charge on any atom is -0.0619 e. The van der Waals surface area contributed by atoms with Crippen LogP contribution in [-0.2, 0) is 5.41 Å². The molecule has 13 rings (SSSR count). The Morgan fingerprint density at radius 1 is 0.237 bits per heavy atom. The molecule has 0 saturated heterocycles. The van der Waals surface area contributed by atoms with E-state index in [0.29, 0.717) is 0 Å². The molecule has 2 aliphatic rings. The Morgan fingerprint density at radius 2 is 0.661 bits per heavy atom. The lowest BCUT2D eigenvalue weighted by Crippen LogP contribution is -2.31. The van der Waals surface area contributed by atoms with Gasteiger partial charge in [-0.1, -0.05) is 212 Å². The SMILES string of the molecule is c1ccc2c(c1)-c1ccc(-c3c4ccccc4c(-c4ccc(-c5cccc6ccccc56)cc4)c4ccccc34)cc1C21c2ccccc2-c2cccc3cccc1c23. The summed E-state index contributed by atoms with van der Waals surface area (Å²) in [5.41, 5.74) is 17.7. The van der Waals surface area contributed by atoms with Crippen LogP contribution in [0.3, 0.4) is 0 Å². The van der Waals surface area contributed by atoms with Crippen LogP contribution in [0.1, 0.15) is 22.3 Å². The van der Waals surface area contributed by atoms with Gasteiger partial charge in [0.2, 0.25) is 0 Å². The van der Waals surface area contributed by atoms with E-state index in [2.05, 4.69) is 218 Å². The Bertz CT molecular complexity index is 3480.